The summed E-state index contributed by atoms with van der Waals surface area (Å²) in [5, 5.41) is 1.56. The van der Waals surface area contributed by atoms with Gasteiger partial charge in [0.25, 0.3) is 0 Å². The second-order valence-corrected chi connectivity index (χ2v) is 2.21. The molecule has 0 amide bonds. The molecule has 0 aliphatic rings. The van der Waals surface area contributed by atoms with Crippen LogP contribution in [-0.4, -0.2) is 7.11 Å². The van der Waals surface area contributed by atoms with Gasteiger partial charge >= 0.3 is 0 Å². The average molecular weight is 170 g/mol. The van der Waals surface area contributed by atoms with Gasteiger partial charge in [-0.3, -0.25) is 4.79 Å². The molecule has 0 heterocycles. The molecule has 0 unspecified atom stereocenters. The molecule has 2 nitrogen and oxygen atoms in total. The number of halogens is 1. The predicted octanol–water partition coefficient (Wildman–Crippen LogP) is -1.91. The Morgan fingerprint density at radius 3 is 2.64 bits per heavy atom. The molecular formula is C8H6ClO2-. The van der Waals surface area contributed by atoms with Crippen LogP contribution < -0.4 is 22.6 Å². The fourth-order valence-corrected chi connectivity index (χ4v) is 1.07. The molecule has 0 aromatic heterocycles. The molecule has 3 heteroatoms. The molecule has 0 radical (unpaired) electrons. The molecule has 0 saturated heterocycles. The van der Waals surface area contributed by atoms with Gasteiger partial charge in [0.15, 0.2) is 5.43 Å². The Balaban J connectivity index is 0.000000605. The van der Waals surface area contributed by atoms with E-state index in [1.807, 2.05) is 6.07 Å². The molecule has 0 spiro atoms. The summed E-state index contributed by atoms with van der Waals surface area (Å²) in [6, 6.07) is 5.42. The van der Waals surface area contributed by atoms with Crippen molar-refractivity contribution < 1.29 is 17.1 Å². The van der Waals surface area contributed by atoms with Crippen LogP contribution in [0.15, 0.2) is 23.0 Å². The first-order chi connectivity index (χ1) is 4.84. The normalized spacial score (nSPS) is 9.91. The Labute approximate surface area is 69.9 Å². The van der Waals surface area contributed by atoms with Crippen LogP contribution in [0, 0.1) is 0 Å². The van der Waals surface area contributed by atoms with Gasteiger partial charge in [-0.2, -0.15) is 0 Å². The molecule has 0 fully saturated rings. The average Bonchev–Trinajstić information content (AvgIpc) is 2.63. The van der Waals surface area contributed by atoms with Crippen LogP contribution in [0.5, 0.6) is 5.75 Å². The Kier molecular flexibility index (Phi) is 1.87. The summed E-state index contributed by atoms with van der Waals surface area (Å²) in [7, 11) is 1.57. The summed E-state index contributed by atoms with van der Waals surface area (Å²) in [5.74, 6) is 0.697. The highest BCUT2D eigenvalue weighted by Gasteiger charge is 2.15. The lowest BCUT2D eigenvalue weighted by Gasteiger charge is -1.92. The number of benzene rings is 1. The first kappa shape index (κ1) is 8.08. The highest BCUT2D eigenvalue weighted by atomic mass is 35.5. The van der Waals surface area contributed by atoms with Gasteiger partial charge in [0.1, 0.15) is 5.75 Å². The van der Waals surface area contributed by atoms with Crippen LogP contribution in [-0.2, 0) is 0 Å². The second-order valence-electron chi connectivity index (χ2n) is 2.21. The van der Waals surface area contributed by atoms with Crippen molar-refractivity contribution in [3.05, 3.63) is 28.4 Å². The number of hydrogen-bond acceptors (Lipinski definition) is 2. The second kappa shape index (κ2) is 2.55. The predicted molar refractivity (Wildman–Crippen MR) is 39.1 cm³/mol. The lowest BCUT2D eigenvalue weighted by Crippen LogP contribution is -3.00. The van der Waals surface area contributed by atoms with Crippen LogP contribution in [0.2, 0.25) is 0 Å². The lowest BCUT2D eigenvalue weighted by molar-refractivity contribution is -0.00000228. The van der Waals surface area contributed by atoms with E-state index in [1.54, 1.807) is 19.2 Å². The van der Waals surface area contributed by atoms with E-state index in [9.17, 15) is 4.79 Å². The van der Waals surface area contributed by atoms with E-state index in [4.69, 9.17) is 4.74 Å². The molecule has 11 heavy (non-hydrogen) atoms. The summed E-state index contributed by atoms with van der Waals surface area (Å²) in [5.41, 5.74) is 0.127. The standard InChI is InChI=1S/C8H6O2.ClH/c1-10-6-4-2-3-5-7(6)8(5)9;/h2-4H,1H3;1H/p-1. The molecule has 0 aliphatic heterocycles. The van der Waals surface area contributed by atoms with Crippen molar-refractivity contribution in [1.82, 2.24) is 0 Å². The monoisotopic (exact) mass is 169 g/mol. The zero-order chi connectivity index (χ0) is 7.14. The third-order valence-corrected chi connectivity index (χ3v) is 1.66. The van der Waals surface area contributed by atoms with E-state index in [-0.39, 0.29) is 17.8 Å². The first-order valence-electron chi connectivity index (χ1n) is 3.06. The van der Waals surface area contributed by atoms with Gasteiger partial charge in [-0.05, 0) is 6.07 Å². The van der Waals surface area contributed by atoms with Crippen molar-refractivity contribution in [3.8, 4) is 5.75 Å². The Morgan fingerprint density at radius 1 is 1.36 bits per heavy atom. The summed E-state index contributed by atoms with van der Waals surface area (Å²) >= 11 is 0. The van der Waals surface area contributed by atoms with Crippen molar-refractivity contribution in [2.24, 2.45) is 0 Å². The fraction of sp³-hybridized carbons (Fsp3) is 0.125. The van der Waals surface area contributed by atoms with E-state index in [0.29, 0.717) is 5.75 Å². The lowest BCUT2D eigenvalue weighted by atomic mass is 10.3. The Hall–Kier alpha value is -1.02. The molecule has 2 rings (SSSR count). The van der Waals surface area contributed by atoms with Gasteiger partial charge in [-0.15, -0.1) is 0 Å². The minimum atomic E-state index is 0. The number of fused-ring (bicyclic) bond motifs is 1. The molecule has 0 bridgehead atoms. The maximum Gasteiger partial charge on any atom is 0.198 e. The summed E-state index contributed by atoms with van der Waals surface area (Å²) < 4.78 is 4.95. The largest absolute Gasteiger partial charge is 1.00 e. The molecule has 2 aromatic rings. The smallest absolute Gasteiger partial charge is 0.198 e. The van der Waals surface area contributed by atoms with Crippen LogP contribution in [0.1, 0.15) is 0 Å². The molecule has 0 saturated carbocycles. The third-order valence-electron chi connectivity index (χ3n) is 1.66. The maximum atomic E-state index is 10.8. The van der Waals surface area contributed by atoms with E-state index in [0.717, 1.165) is 10.8 Å². The zero-order valence-corrected chi connectivity index (χ0v) is 6.68. The molecule has 2 aromatic carbocycles. The molecule has 0 aliphatic carbocycles. The van der Waals surface area contributed by atoms with Gasteiger partial charge in [-0.1, -0.05) is 12.1 Å². The van der Waals surface area contributed by atoms with Crippen LogP contribution in [0.25, 0.3) is 10.8 Å². The maximum absolute atomic E-state index is 10.8. The summed E-state index contributed by atoms with van der Waals surface area (Å²) in [6.07, 6.45) is 0. The zero-order valence-electron chi connectivity index (χ0n) is 5.93. The molecule has 0 N–H and O–H groups in total. The number of methoxy groups -OCH3 is 1. The van der Waals surface area contributed by atoms with Crippen molar-refractivity contribution >= 4 is 10.8 Å². The highest BCUT2D eigenvalue weighted by molar-refractivity contribution is 6.02. The summed E-state index contributed by atoms with van der Waals surface area (Å²) in [4.78, 5) is 10.8. The van der Waals surface area contributed by atoms with Gasteiger partial charge in [0.05, 0.1) is 12.5 Å². The van der Waals surface area contributed by atoms with Gasteiger partial charge < -0.3 is 17.1 Å². The molecule has 58 valence electrons. The van der Waals surface area contributed by atoms with Crippen molar-refractivity contribution in [3.63, 3.8) is 0 Å². The highest BCUT2D eigenvalue weighted by Crippen LogP contribution is 2.25. The fourth-order valence-electron chi connectivity index (χ4n) is 1.07. The Bertz CT molecular complexity index is 385. The topological polar surface area (TPSA) is 26.3 Å². The number of hydrogen-bond donors (Lipinski definition) is 0. The summed E-state index contributed by atoms with van der Waals surface area (Å²) in [6.45, 7) is 0. The van der Waals surface area contributed by atoms with Crippen molar-refractivity contribution in [2.75, 3.05) is 7.11 Å². The Morgan fingerprint density at radius 2 is 2.09 bits per heavy atom. The van der Waals surface area contributed by atoms with Crippen LogP contribution >= 0.6 is 0 Å². The van der Waals surface area contributed by atoms with Crippen molar-refractivity contribution in [1.29, 1.82) is 0 Å². The van der Waals surface area contributed by atoms with Crippen LogP contribution in [0.4, 0.5) is 0 Å². The van der Waals surface area contributed by atoms with E-state index in [2.05, 4.69) is 0 Å². The third kappa shape index (κ3) is 0.994. The first-order valence-corrected chi connectivity index (χ1v) is 3.06. The van der Waals surface area contributed by atoms with Gasteiger partial charge in [0, 0.05) is 5.39 Å². The van der Waals surface area contributed by atoms with Gasteiger partial charge in [-0.25, -0.2) is 0 Å². The van der Waals surface area contributed by atoms with Gasteiger partial charge in [0.2, 0.25) is 0 Å². The molecular weight excluding hydrogens is 164 g/mol. The van der Waals surface area contributed by atoms with E-state index >= 15 is 0 Å². The van der Waals surface area contributed by atoms with E-state index in [1.165, 1.54) is 0 Å². The number of rotatable bonds is 1. The van der Waals surface area contributed by atoms with E-state index < -0.39 is 0 Å². The SMILES string of the molecule is COc1cccc2c(=O)c12.[Cl-]. The van der Waals surface area contributed by atoms with Crippen LogP contribution in [0.3, 0.4) is 0 Å². The molecule has 0 atom stereocenters. The minimum absolute atomic E-state index is 0. The number of ether oxygens (including phenoxy) is 1. The van der Waals surface area contributed by atoms with Crippen molar-refractivity contribution in [2.45, 2.75) is 0 Å². The quantitative estimate of drug-likeness (QED) is 0.498. The minimum Gasteiger partial charge on any atom is -1.00 e.